The van der Waals surface area contributed by atoms with E-state index >= 15 is 0 Å². The van der Waals surface area contributed by atoms with Crippen molar-refractivity contribution in [2.45, 2.75) is 38.0 Å². The Morgan fingerprint density at radius 2 is 1.87 bits per heavy atom. The Morgan fingerprint density at radius 3 is 2.60 bits per heavy atom. The third kappa shape index (κ3) is 4.24. The molecule has 2 saturated heterocycles. The van der Waals surface area contributed by atoms with E-state index in [1.165, 1.54) is 0 Å². The molecule has 6 nitrogen and oxygen atoms in total. The molecule has 1 atom stereocenters. The second-order valence-electron chi connectivity index (χ2n) is 8.30. The molecule has 1 unspecified atom stereocenters. The summed E-state index contributed by atoms with van der Waals surface area (Å²) in [6.07, 6.45) is 2.96. The van der Waals surface area contributed by atoms with E-state index < -0.39 is 5.41 Å². The lowest BCUT2D eigenvalue weighted by atomic mass is 9.72. The van der Waals surface area contributed by atoms with Crippen LogP contribution in [0.4, 0.5) is 5.82 Å². The molecular formula is C24H29N3O3. The van der Waals surface area contributed by atoms with Gasteiger partial charge in [0, 0.05) is 32.0 Å². The Balaban J connectivity index is 1.50. The number of nitrogens with zero attached hydrogens (tertiary/aromatic N) is 2. The van der Waals surface area contributed by atoms with Gasteiger partial charge in [0.2, 0.25) is 11.8 Å². The van der Waals surface area contributed by atoms with Crippen LogP contribution in [0.2, 0.25) is 0 Å². The summed E-state index contributed by atoms with van der Waals surface area (Å²) in [7, 11) is 0. The number of anilines is 1. The molecule has 1 N–H and O–H groups in total. The Hall–Kier alpha value is -2.73. The molecule has 0 saturated carbocycles. The number of benzene rings is 1. The molecule has 158 valence electrons. The van der Waals surface area contributed by atoms with Crippen LogP contribution in [0.3, 0.4) is 0 Å². The number of amides is 2. The zero-order chi connectivity index (χ0) is 21.0. The van der Waals surface area contributed by atoms with E-state index in [0.29, 0.717) is 45.0 Å². The van der Waals surface area contributed by atoms with Gasteiger partial charge in [0.1, 0.15) is 5.82 Å². The first kappa shape index (κ1) is 20.5. The summed E-state index contributed by atoms with van der Waals surface area (Å²) in [5.74, 6) is 0.404. The first-order valence-corrected chi connectivity index (χ1v) is 10.8. The SMILES string of the molecule is Cc1cccc(NC(=O)C2CCCN(C(=O)C3(c4ccccc4)CCOCC3)C2)n1. The lowest BCUT2D eigenvalue weighted by Crippen LogP contribution is -2.53. The molecule has 3 heterocycles. The highest BCUT2D eigenvalue weighted by Crippen LogP contribution is 2.37. The highest BCUT2D eigenvalue weighted by Gasteiger charge is 2.45. The highest BCUT2D eigenvalue weighted by atomic mass is 16.5. The molecule has 0 spiro atoms. The molecule has 2 aliphatic heterocycles. The molecule has 0 aliphatic carbocycles. The Bertz CT molecular complexity index is 894. The molecule has 1 aromatic carbocycles. The molecule has 1 aromatic heterocycles. The zero-order valence-electron chi connectivity index (χ0n) is 17.5. The monoisotopic (exact) mass is 407 g/mol. The van der Waals surface area contributed by atoms with Crippen molar-refractivity contribution < 1.29 is 14.3 Å². The average molecular weight is 408 g/mol. The van der Waals surface area contributed by atoms with E-state index in [2.05, 4.69) is 10.3 Å². The predicted molar refractivity (Wildman–Crippen MR) is 115 cm³/mol. The number of hydrogen-bond acceptors (Lipinski definition) is 4. The van der Waals surface area contributed by atoms with Crippen molar-refractivity contribution in [3.63, 3.8) is 0 Å². The Morgan fingerprint density at radius 1 is 1.10 bits per heavy atom. The van der Waals surface area contributed by atoms with Crippen LogP contribution < -0.4 is 5.32 Å². The van der Waals surface area contributed by atoms with Gasteiger partial charge < -0.3 is 15.0 Å². The van der Waals surface area contributed by atoms with E-state index in [9.17, 15) is 9.59 Å². The summed E-state index contributed by atoms with van der Waals surface area (Å²) in [4.78, 5) is 32.9. The number of rotatable bonds is 4. The van der Waals surface area contributed by atoms with E-state index in [1.807, 2.05) is 54.3 Å². The maximum Gasteiger partial charge on any atom is 0.233 e. The fourth-order valence-corrected chi connectivity index (χ4v) is 4.62. The molecule has 30 heavy (non-hydrogen) atoms. The zero-order valence-corrected chi connectivity index (χ0v) is 17.5. The Kier molecular flexibility index (Phi) is 6.13. The molecule has 2 aromatic rings. The van der Waals surface area contributed by atoms with Crippen LogP contribution in [-0.2, 0) is 19.7 Å². The number of aryl methyl sites for hydroxylation is 1. The van der Waals surface area contributed by atoms with Gasteiger partial charge in [-0.2, -0.15) is 0 Å². The van der Waals surface area contributed by atoms with Gasteiger partial charge >= 0.3 is 0 Å². The molecule has 2 fully saturated rings. The predicted octanol–water partition coefficient (Wildman–Crippen LogP) is 3.32. The number of pyridine rings is 1. The quantitative estimate of drug-likeness (QED) is 0.844. The number of piperidine rings is 1. The van der Waals surface area contributed by atoms with Crippen LogP contribution in [0.5, 0.6) is 0 Å². The van der Waals surface area contributed by atoms with Gasteiger partial charge in [0.05, 0.1) is 11.3 Å². The molecule has 6 heteroatoms. The van der Waals surface area contributed by atoms with E-state index in [-0.39, 0.29) is 17.7 Å². The largest absolute Gasteiger partial charge is 0.381 e. The lowest BCUT2D eigenvalue weighted by molar-refractivity contribution is -0.144. The smallest absolute Gasteiger partial charge is 0.233 e. The number of carbonyl (C=O) groups excluding carboxylic acids is 2. The second kappa shape index (κ2) is 8.96. The summed E-state index contributed by atoms with van der Waals surface area (Å²) in [6, 6.07) is 15.6. The molecule has 2 aliphatic rings. The lowest BCUT2D eigenvalue weighted by Gasteiger charge is -2.42. The van der Waals surface area contributed by atoms with Gasteiger partial charge in [-0.1, -0.05) is 36.4 Å². The average Bonchev–Trinajstić information content (AvgIpc) is 2.80. The number of hydrogen-bond donors (Lipinski definition) is 1. The minimum atomic E-state index is -0.560. The Labute approximate surface area is 177 Å². The third-order valence-electron chi connectivity index (χ3n) is 6.30. The number of likely N-dealkylation sites (tertiary alicyclic amines) is 1. The fraction of sp³-hybridized carbons (Fsp3) is 0.458. The van der Waals surface area contributed by atoms with Crippen LogP contribution in [0, 0.1) is 12.8 Å². The van der Waals surface area contributed by atoms with Gasteiger partial charge in [-0.15, -0.1) is 0 Å². The van der Waals surface area contributed by atoms with Crippen molar-refractivity contribution in [2.75, 3.05) is 31.6 Å². The molecular weight excluding hydrogens is 378 g/mol. The minimum absolute atomic E-state index is 0.0636. The van der Waals surface area contributed by atoms with Gasteiger partial charge in [0.15, 0.2) is 0 Å². The van der Waals surface area contributed by atoms with E-state index in [4.69, 9.17) is 4.74 Å². The minimum Gasteiger partial charge on any atom is -0.381 e. The number of ether oxygens (including phenoxy) is 1. The summed E-state index contributed by atoms with van der Waals surface area (Å²) in [6.45, 7) is 4.20. The van der Waals surface area contributed by atoms with Crippen LogP contribution in [0.25, 0.3) is 0 Å². The van der Waals surface area contributed by atoms with Crippen molar-refractivity contribution in [1.82, 2.24) is 9.88 Å². The first-order valence-electron chi connectivity index (χ1n) is 10.8. The first-order chi connectivity index (χ1) is 14.6. The number of carbonyl (C=O) groups is 2. The van der Waals surface area contributed by atoms with Gasteiger partial charge in [-0.05, 0) is 50.3 Å². The summed E-state index contributed by atoms with van der Waals surface area (Å²) >= 11 is 0. The van der Waals surface area contributed by atoms with Gasteiger partial charge in [-0.3, -0.25) is 9.59 Å². The van der Waals surface area contributed by atoms with Crippen molar-refractivity contribution in [3.8, 4) is 0 Å². The second-order valence-corrected chi connectivity index (χ2v) is 8.30. The molecule has 4 rings (SSSR count). The van der Waals surface area contributed by atoms with Crippen molar-refractivity contribution in [1.29, 1.82) is 0 Å². The number of aromatic nitrogens is 1. The molecule has 0 bridgehead atoms. The van der Waals surface area contributed by atoms with Gasteiger partial charge in [0.25, 0.3) is 0 Å². The third-order valence-corrected chi connectivity index (χ3v) is 6.30. The summed E-state index contributed by atoms with van der Waals surface area (Å²) in [5.41, 5.74) is 1.35. The van der Waals surface area contributed by atoms with Crippen molar-refractivity contribution >= 4 is 17.6 Å². The normalized spacial score (nSPS) is 21.1. The van der Waals surface area contributed by atoms with Crippen molar-refractivity contribution in [2.24, 2.45) is 5.92 Å². The fourth-order valence-electron chi connectivity index (χ4n) is 4.62. The molecule has 0 radical (unpaired) electrons. The van der Waals surface area contributed by atoms with Crippen LogP contribution >= 0.6 is 0 Å². The van der Waals surface area contributed by atoms with Crippen LogP contribution in [0.15, 0.2) is 48.5 Å². The van der Waals surface area contributed by atoms with Crippen molar-refractivity contribution in [3.05, 3.63) is 59.8 Å². The van der Waals surface area contributed by atoms with Gasteiger partial charge in [-0.25, -0.2) is 4.98 Å². The molecule has 2 amide bonds. The topological polar surface area (TPSA) is 71.5 Å². The maximum atomic E-state index is 13.8. The van der Waals surface area contributed by atoms with Crippen LogP contribution in [0.1, 0.15) is 36.9 Å². The maximum absolute atomic E-state index is 13.8. The van der Waals surface area contributed by atoms with Crippen LogP contribution in [-0.4, -0.2) is 48.0 Å². The van der Waals surface area contributed by atoms with E-state index in [1.54, 1.807) is 6.07 Å². The summed E-state index contributed by atoms with van der Waals surface area (Å²) in [5, 5.41) is 2.92. The van der Waals surface area contributed by atoms with E-state index in [0.717, 1.165) is 24.1 Å². The summed E-state index contributed by atoms with van der Waals surface area (Å²) < 4.78 is 5.58. The standard InChI is InChI=1S/C24H29N3O3/c1-18-7-5-11-21(25-18)26-22(28)19-8-6-14-27(17-19)23(29)24(12-15-30-16-13-24)20-9-3-2-4-10-20/h2-5,7,9-11,19H,6,8,12-17H2,1H3,(H,25,26,28). The number of nitrogens with one attached hydrogen (secondary N) is 1. The highest BCUT2D eigenvalue weighted by molar-refractivity contribution is 5.93.